The third kappa shape index (κ3) is 37.1. The van der Waals surface area contributed by atoms with Gasteiger partial charge in [-0.1, -0.05) is 118 Å². The summed E-state index contributed by atoms with van der Waals surface area (Å²) in [6, 6.07) is 0. The molecule has 0 fully saturated rings. The topological polar surface area (TPSA) is 170 Å². The molecule has 1 atom stereocenters. The van der Waals surface area contributed by atoms with E-state index >= 15 is 0 Å². The molecule has 13 nitrogen and oxygen atoms in total. The minimum Gasteiger partial charge on any atom is -0.465 e. The number of rotatable bonds is 41. The van der Waals surface area contributed by atoms with E-state index in [2.05, 4.69) is 26.1 Å². The molecular formula is C45H81NO12. The van der Waals surface area contributed by atoms with E-state index < -0.39 is 23.8 Å². The smallest absolute Gasteiger partial charge is 0.305 e. The molecule has 0 saturated carbocycles. The number of hydrogen-bond acceptors (Lipinski definition) is 13. The van der Waals surface area contributed by atoms with Gasteiger partial charge in [-0.25, -0.2) is 0 Å². The van der Waals surface area contributed by atoms with Gasteiger partial charge in [0.15, 0.2) is 0 Å². The lowest BCUT2D eigenvalue weighted by atomic mass is 10.1. The van der Waals surface area contributed by atoms with Crippen molar-refractivity contribution in [2.24, 2.45) is 11.8 Å². The van der Waals surface area contributed by atoms with Crippen LogP contribution < -0.4 is 5.32 Å². The lowest BCUT2D eigenvalue weighted by Crippen LogP contribution is -2.27. The Labute approximate surface area is 350 Å². The van der Waals surface area contributed by atoms with Crippen LogP contribution in [0.4, 0.5) is 0 Å². The molecule has 0 aromatic carbocycles. The third-order valence-electron chi connectivity index (χ3n) is 9.59. The van der Waals surface area contributed by atoms with E-state index in [4.69, 9.17) is 28.4 Å². The van der Waals surface area contributed by atoms with Crippen molar-refractivity contribution in [1.82, 2.24) is 5.32 Å². The fourth-order valence-electron chi connectivity index (χ4n) is 5.83. The summed E-state index contributed by atoms with van der Waals surface area (Å²) in [5, 5.41) is 3.21. The normalized spacial score (nSPS) is 11.5. The average Bonchev–Trinajstić information content (AvgIpc) is 3.21. The lowest BCUT2D eigenvalue weighted by Gasteiger charge is -2.17. The number of nitrogens with one attached hydrogen (secondary N) is 1. The van der Waals surface area contributed by atoms with Crippen molar-refractivity contribution in [2.75, 3.05) is 52.7 Å². The molecule has 0 amide bonds. The van der Waals surface area contributed by atoms with Crippen molar-refractivity contribution >= 4 is 35.8 Å². The van der Waals surface area contributed by atoms with Gasteiger partial charge in [0.05, 0.1) is 11.8 Å². The number of unbranched alkanes of at least 4 members (excludes halogenated alkanes) is 14. The van der Waals surface area contributed by atoms with Crippen LogP contribution in [0, 0.1) is 11.8 Å². The summed E-state index contributed by atoms with van der Waals surface area (Å²) in [7, 11) is 0. The summed E-state index contributed by atoms with van der Waals surface area (Å²) in [6.07, 6.45) is 20.5. The Morgan fingerprint density at radius 2 is 0.569 bits per heavy atom. The highest BCUT2D eigenvalue weighted by Gasteiger charge is 2.19. The van der Waals surface area contributed by atoms with Gasteiger partial charge in [0.2, 0.25) is 0 Å². The second kappa shape index (κ2) is 40.6. The zero-order chi connectivity index (χ0) is 42.9. The highest BCUT2D eigenvalue weighted by atomic mass is 16.6. The van der Waals surface area contributed by atoms with Gasteiger partial charge in [-0.05, 0) is 45.2 Å². The van der Waals surface area contributed by atoms with E-state index in [1.165, 1.54) is 38.5 Å². The van der Waals surface area contributed by atoms with Crippen LogP contribution in [-0.2, 0) is 57.2 Å². The van der Waals surface area contributed by atoms with Gasteiger partial charge in [0.25, 0.3) is 0 Å². The second-order valence-corrected chi connectivity index (χ2v) is 15.3. The lowest BCUT2D eigenvalue weighted by molar-refractivity contribution is -0.156. The van der Waals surface area contributed by atoms with Crippen molar-refractivity contribution < 1.29 is 57.2 Å². The first-order chi connectivity index (χ1) is 28.1. The molecular weight excluding hydrogens is 746 g/mol. The van der Waals surface area contributed by atoms with E-state index in [1.807, 2.05) is 0 Å². The molecule has 0 aromatic heterocycles. The number of carbonyl (C=O) groups excluding carboxylic acids is 6. The summed E-state index contributed by atoms with van der Waals surface area (Å²) in [5.41, 5.74) is 0. The zero-order valence-electron chi connectivity index (χ0n) is 36.9. The summed E-state index contributed by atoms with van der Waals surface area (Å²) < 4.78 is 32.4. The Bertz CT molecular complexity index is 1040. The van der Waals surface area contributed by atoms with Crippen LogP contribution in [0.15, 0.2) is 0 Å². The molecule has 13 heteroatoms. The van der Waals surface area contributed by atoms with Crippen LogP contribution >= 0.6 is 0 Å². The van der Waals surface area contributed by atoms with E-state index in [0.29, 0.717) is 45.2 Å². The fourth-order valence-corrected chi connectivity index (χ4v) is 5.83. The molecule has 0 aliphatic rings. The van der Waals surface area contributed by atoms with Crippen LogP contribution in [0.1, 0.15) is 188 Å². The van der Waals surface area contributed by atoms with Crippen LogP contribution in [-0.4, -0.2) is 88.5 Å². The van der Waals surface area contributed by atoms with Gasteiger partial charge >= 0.3 is 35.8 Å². The molecule has 338 valence electrons. The Balaban J connectivity index is 4.50. The molecule has 0 aliphatic heterocycles. The Morgan fingerprint density at radius 1 is 0.328 bits per heavy atom. The molecule has 1 N–H and O–H groups in total. The largest absolute Gasteiger partial charge is 0.465 e. The molecule has 0 heterocycles. The molecule has 0 saturated heterocycles. The molecule has 0 radical (unpaired) electrons. The first-order valence-electron chi connectivity index (χ1n) is 22.8. The van der Waals surface area contributed by atoms with Crippen molar-refractivity contribution in [1.29, 1.82) is 0 Å². The third-order valence-corrected chi connectivity index (χ3v) is 9.59. The van der Waals surface area contributed by atoms with Crippen molar-refractivity contribution in [3.05, 3.63) is 0 Å². The van der Waals surface area contributed by atoms with E-state index in [9.17, 15) is 28.8 Å². The predicted molar refractivity (Wildman–Crippen MR) is 224 cm³/mol. The fraction of sp³-hybridized carbons (Fsp3) is 0.867. The van der Waals surface area contributed by atoms with Gasteiger partial charge in [-0.3, -0.25) is 28.8 Å². The maximum atomic E-state index is 12.5. The van der Waals surface area contributed by atoms with E-state index in [1.54, 1.807) is 6.92 Å². The zero-order valence-corrected chi connectivity index (χ0v) is 36.9. The molecule has 0 bridgehead atoms. The highest BCUT2D eigenvalue weighted by Crippen LogP contribution is 2.12. The molecule has 1 unspecified atom stereocenters. The Kier molecular flexibility index (Phi) is 38.3. The maximum Gasteiger partial charge on any atom is 0.305 e. The van der Waals surface area contributed by atoms with Gasteiger partial charge in [0, 0.05) is 38.5 Å². The monoisotopic (exact) mass is 828 g/mol. The molecule has 0 spiro atoms. The minimum atomic E-state index is -0.453. The molecule has 0 rings (SSSR count). The first kappa shape index (κ1) is 54.8. The second-order valence-electron chi connectivity index (χ2n) is 15.3. The predicted octanol–water partition coefficient (Wildman–Crippen LogP) is 8.90. The number of hydrogen-bond donors (Lipinski definition) is 1. The van der Waals surface area contributed by atoms with Crippen LogP contribution in [0.5, 0.6) is 0 Å². The average molecular weight is 828 g/mol. The maximum absolute atomic E-state index is 12.5. The van der Waals surface area contributed by atoms with Gasteiger partial charge in [-0.15, -0.1) is 0 Å². The first-order valence-corrected chi connectivity index (χ1v) is 22.8. The number of esters is 6. The Morgan fingerprint density at radius 3 is 0.845 bits per heavy atom. The van der Waals surface area contributed by atoms with Crippen LogP contribution in [0.2, 0.25) is 0 Å². The van der Waals surface area contributed by atoms with E-state index in [0.717, 1.165) is 70.6 Å². The summed E-state index contributed by atoms with van der Waals surface area (Å²) in [6.45, 7) is 9.19. The standard InChI is InChI=1S/C45H81NO12/c1-5-9-12-15-18-21-26-42(49)55-35-39(36-56-43(50)27-22-19-16-13-10-6-2)37-58-45(52)29-24-31-46-30-23-28-44(51)57-34-38(32-53-40(47)8-4)33-54-41(48)25-20-17-14-11-7-3/h38-39,46H,5-37H2,1-4H3. The van der Waals surface area contributed by atoms with Crippen molar-refractivity contribution in [3.8, 4) is 0 Å². The highest BCUT2D eigenvalue weighted by molar-refractivity contribution is 5.71. The van der Waals surface area contributed by atoms with Gasteiger partial charge < -0.3 is 33.7 Å². The molecule has 0 aromatic rings. The van der Waals surface area contributed by atoms with Gasteiger partial charge in [-0.2, -0.15) is 0 Å². The van der Waals surface area contributed by atoms with Gasteiger partial charge in [0.1, 0.15) is 39.6 Å². The molecule has 0 aliphatic carbocycles. The van der Waals surface area contributed by atoms with E-state index in [-0.39, 0.29) is 82.8 Å². The minimum absolute atomic E-state index is 0.00222. The van der Waals surface area contributed by atoms with Crippen LogP contribution in [0.25, 0.3) is 0 Å². The summed E-state index contributed by atoms with van der Waals surface area (Å²) >= 11 is 0. The van der Waals surface area contributed by atoms with Crippen molar-refractivity contribution in [2.45, 2.75) is 188 Å². The number of carbonyl (C=O) groups is 6. The quantitative estimate of drug-likeness (QED) is 0.0353. The Hall–Kier alpha value is -3.22. The summed E-state index contributed by atoms with van der Waals surface area (Å²) in [4.78, 5) is 73.4. The SMILES string of the molecule is CCCCCCCCC(=O)OCC(COC(=O)CCCCCCCC)COC(=O)CCCNCCCC(=O)OCC(COC(=O)CC)COC(=O)CCCCCCC. The summed E-state index contributed by atoms with van der Waals surface area (Å²) in [5.74, 6) is -3.01. The molecule has 58 heavy (non-hydrogen) atoms. The number of ether oxygens (including phenoxy) is 6. The van der Waals surface area contributed by atoms with Crippen LogP contribution in [0.3, 0.4) is 0 Å². The van der Waals surface area contributed by atoms with Crippen molar-refractivity contribution in [3.63, 3.8) is 0 Å².